The van der Waals surface area contributed by atoms with Crippen molar-refractivity contribution in [3.8, 4) is 5.69 Å². The van der Waals surface area contributed by atoms with Crippen molar-refractivity contribution < 1.29 is 13.2 Å². The maximum atomic E-state index is 14.0. The minimum atomic E-state index is -1.05. The van der Waals surface area contributed by atoms with Crippen LogP contribution < -0.4 is 0 Å². The highest BCUT2D eigenvalue weighted by Crippen LogP contribution is 2.30. The molecule has 2 aromatic heterocycles. The van der Waals surface area contributed by atoms with Gasteiger partial charge in [-0.1, -0.05) is 0 Å². The lowest BCUT2D eigenvalue weighted by molar-refractivity contribution is 0.533. The van der Waals surface area contributed by atoms with Gasteiger partial charge in [0.05, 0.1) is 5.38 Å². The Hall–Kier alpha value is -2.08. The van der Waals surface area contributed by atoms with Gasteiger partial charge in [0.1, 0.15) is 22.8 Å². The summed E-state index contributed by atoms with van der Waals surface area (Å²) in [5, 5.41) is -0.608. The molecule has 1 atom stereocenters. The van der Waals surface area contributed by atoms with E-state index in [4.69, 9.17) is 11.6 Å². The molecule has 0 aliphatic heterocycles. The van der Waals surface area contributed by atoms with Crippen molar-refractivity contribution >= 4 is 22.8 Å². The van der Waals surface area contributed by atoms with Gasteiger partial charge in [-0.05, 0) is 19.1 Å². The third kappa shape index (κ3) is 2.25. The maximum absolute atomic E-state index is 14.0. The summed E-state index contributed by atoms with van der Waals surface area (Å²) in [6.07, 6.45) is 1.47. The Morgan fingerprint density at radius 2 is 1.86 bits per heavy atom. The fourth-order valence-electron chi connectivity index (χ4n) is 2.17. The lowest BCUT2D eigenvalue weighted by atomic mass is 10.2. The van der Waals surface area contributed by atoms with Crippen LogP contribution in [0.25, 0.3) is 16.9 Å². The maximum Gasteiger partial charge on any atom is 0.164 e. The molecule has 0 fully saturated rings. The summed E-state index contributed by atoms with van der Waals surface area (Å²) in [5.74, 6) is -2.85. The molecule has 0 amide bonds. The molecule has 7 heteroatoms. The minimum Gasteiger partial charge on any atom is -0.274 e. The van der Waals surface area contributed by atoms with Crippen LogP contribution in [0.4, 0.5) is 13.2 Å². The largest absolute Gasteiger partial charge is 0.274 e. The molecule has 0 saturated heterocycles. The number of fused-ring (bicyclic) bond motifs is 1. The van der Waals surface area contributed by atoms with Crippen molar-refractivity contribution in [3.63, 3.8) is 0 Å². The zero-order chi connectivity index (χ0) is 15.1. The third-order valence-electron chi connectivity index (χ3n) is 3.00. The topological polar surface area (TPSA) is 30.7 Å². The molecular weight excluding hydrogens is 303 g/mol. The number of nitrogens with zero attached hydrogens (tertiary/aromatic N) is 3. The van der Waals surface area contributed by atoms with E-state index in [2.05, 4.69) is 9.97 Å². The summed E-state index contributed by atoms with van der Waals surface area (Å²) >= 11 is 6.04. The Morgan fingerprint density at radius 3 is 2.48 bits per heavy atom. The SMILES string of the molecule is CC(Cl)c1nc2cccnc2n1-c1c(F)cc(F)cc1F. The van der Waals surface area contributed by atoms with Gasteiger partial charge in [-0.15, -0.1) is 11.6 Å². The number of halogens is 4. The highest BCUT2D eigenvalue weighted by molar-refractivity contribution is 6.20. The summed E-state index contributed by atoms with van der Waals surface area (Å²) < 4.78 is 42.3. The van der Waals surface area contributed by atoms with E-state index in [-0.39, 0.29) is 11.5 Å². The molecular formula is C14H9ClF3N3. The normalized spacial score (nSPS) is 12.8. The van der Waals surface area contributed by atoms with Gasteiger partial charge >= 0.3 is 0 Å². The van der Waals surface area contributed by atoms with E-state index in [1.807, 2.05) is 0 Å². The number of aromatic nitrogens is 3. The summed E-state index contributed by atoms with van der Waals surface area (Å²) in [6.45, 7) is 1.62. The van der Waals surface area contributed by atoms with Crippen LogP contribution in [-0.2, 0) is 0 Å². The Bertz CT molecular complexity index is 806. The highest BCUT2D eigenvalue weighted by Gasteiger charge is 2.22. The predicted molar refractivity (Wildman–Crippen MR) is 73.0 cm³/mol. The molecule has 0 bridgehead atoms. The Kier molecular flexibility index (Phi) is 3.33. The lowest BCUT2D eigenvalue weighted by Gasteiger charge is -2.12. The van der Waals surface area contributed by atoms with Gasteiger partial charge in [-0.25, -0.2) is 23.1 Å². The van der Waals surface area contributed by atoms with E-state index in [0.29, 0.717) is 17.6 Å². The zero-order valence-corrected chi connectivity index (χ0v) is 11.6. The Morgan fingerprint density at radius 1 is 1.19 bits per heavy atom. The molecule has 0 N–H and O–H groups in total. The van der Waals surface area contributed by atoms with Crippen LogP contribution in [0.15, 0.2) is 30.5 Å². The van der Waals surface area contributed by atoms with Crippen LogP contribution in [0.5, 0.6) is 0 Å². The number of imidazole rings is 1. The molecule has 3 nitrogen and oxygen atoms in total. The molecule has 108 valence electrons. The van der Waals surface area contributed by atoms with Crippen molar-refractivity contribution in [1.29, 1.82) is 0 Å². The van der Waals surface area contributed by atoms with Crippen LogP contribution in [0.1, 0.15) is 18.1 Å². The fourth-order valence-corrected chi connectivity index (χ4v) is 2.31. The van der Waals surface area contributed by atoms with Crippen LogP contribution in [0.2, 0.25) is 0 Å². The first-order chi connectivity index (χ1) is 9.99. The highest BCUT2D eigenvalue weighted by atomic mass is 35.5. The summed E-state index contributed by atoms with van der Waals surface area (Å²) in [7, 11) is 0. The number of hydrogen-bond donors (Lipinski definition) is 0. The van der Waals surface area contributed by atoms with E-state index >= 15 is 0 Å². The number of alkyl halides is 1. The molecule has 0 radical (unpaired) electrons. The molecule has 3 rings (SSSR count). The Labute approximate surface area is 123 Å². The number of rotatable bonds is 2. The molecule has 1 unspecified atom stereocenters. The van der Waals surface area contributed by atoms with Crippen molar-refractivity contribution in [2.24, 2.45) is 0 Å². The molecule has 21 heavy (non-hydrogen) atoms. The van der Waals surface area contributed by atoms with Crippen molar-refractivity contribution in [2.45, 2.75) is 12.3 Å². The number of pyridine rings is 1. The van der Waals surface area contributed by atoms with Gasteiger partial charge in [-0.2, -0.15) is 0 Å². The monoisotopic (exact) mass is 311 g/mol. The molecule has 0 saturated carbocycles. The van der Waals surface area contributed by atoms with Gasteiger partial charge in [0.2, 0.25) is 0 Å². The Balaban J connectivity index is 2.42. The van der Waals surface area contributed by atoms with E-state index in [0.717, 1.165) is 0 Å². The summed E-state index contributed by atoms with van der Waals surface area (Å²) in [5.41, 5.74) is 0.257. The van der Waals surface area contributed by atoms with Crippen LogP contribution >= 0.6 is 11.6 Å². The average molecular weight is 312 g/mol. The van der Waals surface area contributed by atoms with Gasteiger partial charge in [-0.3, -0.25) is 4.57 Å². The van der Waals surface area contributed by atoms with E-state index in [1.54, 1.807) is 19.1 Å². The third-order valence-corrected chi connectivity index (χ3v) is 3.20. The van der Waals surface area contributed by atoms with Crippen LogP contribution in [0.3, 0.4) is 0 Å². The standard InChI is InChI=1S/C14H9ClF3N3/c1-7(15)13-20-11-3-2-4-19-14(11)21(13)12-9(17)5-8(16)6-10(12)18/h2-7H,1H3. The molecule has 0 aliphatic carbocycles. The van der Waals surface area contributed by atoms with Crippen molar-refractivity contribution in [2.75, 3.05) is 0 Å². The molecule has 0 spiro atoms. The molecule has 0 aliphatic rings. The van der Waals surface area contributed by atoms with Gasteiger partial charge < -0.3 is 0 Å². The second-order valence-corrected chi connectivity index (χ2v) is 5.14. The van der Waals surface area contributed by atoms with Crippen molar-refractivity contribution in [3.05, 3.63) is 53.7 Å². The van der Waals surface area contributed by atoms with Gasteiger partial charge in [0.15, 0.2) is 17.3 Å². The zero-order valence-electron chi connectivity index (χ0n) is 10.8. The summed E-state index contributed by atoms with van der Waals surface area (Å²) in [4.78, 5) is 8.31. The first kappa shape index (κ1) is 13.9. The van der Waals surface area contributed by atoms with E-state index in [9.17, 15) is 13.2 Å². The second-order valence-electron chi connectivity index (χ2n) is 4.49. The van der Waals surface area contributed by atoms with E-state index < -0.39 is 28.5 Å². The second kappa shape index (κ2) is 5.04. The predicted octanol–water partition coefficient (Wildman–Crippen LogP) is 4.14. The molecule has 1 aromatic carbocycles. The fraction of sp³-hybridized carbons (Fsp3) is 0.143. The molecule has 2 heterocycles. The average Bonchev–Trinajstić information content (AvgIpc) is 2.77. The first-order valence-electron chi connectivity index (χ1n) is 6.11. The van der Waals surface area contributed by atoms with Crippen LogP contribution in [0, 0.1) is 17.5 Å². The smallest absolute Gasteiger partial charge is 0.164 e. The van der Waals surface area contributed by atoms with Crippen LogP contribution in [-0.4, -0.2) is 14.5 Å². The number of hydrogen-bond acceptors (Lipinski definition) is 2. The van der Waals surface area contributed by atoms with Gasteiger partial charge in [0.25, 0.3) is 0 Å². The molecule has 3 aromatic rings. The van der Waals surface area contributed by atoms with E-state index in [1.165, 1.54) is 10.8 Å². The quantitative estimate of drug-likeness (QED) is 0.666. The lowest BCUT2D eigenvalue weighted by Crippen LogP contribution is -2.08. The summed E-state index contributed by atoms with van der Waals surface area (Å²) in [6, 6.07) is 4.52. The minimum absolute atomic E-state index is 0.231. The number of benzene rings is 1. The van der Waals surface area contributed by atoms with Gasteiger partial charge in [0, 0.05) is 18.3 Å². The first-order valence-corrected chi connectivity index (χ1v) is 6.55. The van der Waals surface area contributed by atoms with Crippen molar-refractivity contribution in [1.82, 2.24) is 14.5 Å².